The molecule has 2 amide bonds. The predicted molar refractivity (Wildman–Crippen MR) is 107 cm³/mol. The van der Waals surface area contributed by atoms with E-state index >= 15 is 0 Å². The van der Waals surface area contributed by atoms with Crippen LogP contribution in [0.4, 0.5) is 15.8 Å². The first kappa shape index (κ1) is 19.5. The highest BCUT2D eigenvalue weighted by molar-refractivity contribution is 6.31. The molecule has 0 radical (unpaired) electrons. The molecule has 5 nitrogen and oxygen atoms in total. The van der Waals surface area contributed by atoms with Gasteiger partial charge in [-0.3, -0.25) is 9.59 Å². The van der Waals surface area contributed by atoms with Crippen molar-refractivity contribution in [3.05, 3.63) is 88.5 Å². The van der Waals surface area contributed by atoms with Crippen LogP contribution in [0.2, 0.25) is 5.02 Å². The summed E-state index contributed by atoms with van der Waals surface area (Å²) in [5.74, 6) is -1.53. The average Bonchev–Trinajstić information content (AvgIpc) is 2.71. The number of pyridine rings is 1. The molecule has 0 atom stereocenters. The van der Waals surface area contributed by atoms with Gasteiger partial charge in [0.05, 0.1) is 5.02 Å². The molecule has 142 valence electrons. The second kappa shape index (κ2) is 8.63. The van der Waals surface area contributed by atoms with E-state index in [1.807, 2.05) is 31.2 Å². The van der Waals surface area contributed by atoms with Crippen molar-refractivity contribution < 1.29 is 14.0 Å². The van der Waals surface area contributed by atoms with Crippen molar-refractivity contribution in [3.8, 4) is 0 Å². The van der Waals surface area contributed by atoms with Crippen LogP contribution in [0.15, 0.2) is 60.7 Å². The van der Waals surface area contributed by atoms with Gasteiger partial charge in [-0.15, -0.1) is 0 Å². The molecule has 28 heavy (non-hydrogen) atoms. The summed E-state index contributed by atoms with van der Waals surface area (Å²) in [4.78, 5) is 29.1. The summed E-state index contributed by atoms with van der Waals surface area (Å²) in [6.45, 7) is 2.00. The molecule has 3 aromatic rings. The van der Waals surface area contributed by atoms with Gasteiger partial charge in [0.15, 0.2) is 0 Å². The van der Waals surface area contributed by atoms with Crippen LogP contribution in [0.5, 0.6) is 0 Å². The Kier molecular flexibility index (Phi) is 6.01. The number of hydrogen-bond acceptors (Lipinski definition) is 3. The lowest BCUT2D eigenvalue weighted by Gasteiger charge is -2.10. The molecular weight excluding hydrogens is 381 g/mol. The van der Waals surface area contributed by atoms with Crippen molar-refractivity contribution in [2.75, 3.05) is 10.6 Å². The number of carbonyl (C=O) groups excluding carboxylic acids is 2. The maximum Gasteiger partial charge on any atom is 0.274 e. The maximum atomic E-state index is 13.2. The summed E-state index contributed by atoms with van der Waals surface area (Å²) >= 11 is 5.72. The van der Waals surface area contributed by atoms with Crippen LogP contribution in [0, 0.1) is 5.82 Å². The molecule has 2 aromatic carbocycles. The van der Waals surface area contributed by atoms with E-state index < -0.39 is 17.6 Å². The van der Waals surface area contributed by atoms with Crippen molar-refractivity contribution in [3.63, 3.8) is 0 Å². The molecule has 0 aliphatic rings. The smallest absolute Gasteiger partial charge is 0.274 e. The fraction of sp³-hybridized carbons (Fsp3) is 0.0952. The van der Waals surface area contributed by atoms with Crippen LogP contribution >= 0.6 is 11.6 Å². The highest BCUT2D eigenvalue weighted by Gasteiger charge is 2.14. The molecule has 0 unspecified atom stereocenters. The van der Waals surface area contributed by atoms with Gasteiger partial charge < -0.3 is 10.6 Å². The summed E-state index contributed by atoms with van der Waals surface area (Å²) in [5.41, 5.74) is 2.18. The molecule has 0 aliphatic heterocycles. The molecule has 0 aliphatic carbocycles. The second-order valence-electron chi connectivity index (χ2n) is 5.96. The number of para-hydroxylation sites is 1. The molecule has 2 N–H and O–H groups in total. The summed E-state index contributed by atoms with van der Waals surface area (Å²) in [6, 6.07) is 15.9. The standard InChI is InChI=1S/C21H17ClFN3O2/c1-2-13-6-3-4-7-17(13)26-21(28)19-9-5-8-18(25-19)20(27)24-14-10-11-16(23)15(22)12-14/h3-12H,2H2,1H3,(H,24,27)(H,26,28). The SMILES string of the molecule is CCc1ccccc1NC(=O)c1cccc(C(=O)Nc2ccc(F)c(Cl)c2)n1. The number of rotatable bonds is 5. The van der Waals surface area contributed by atoms with Gasteiger partial charge in [0.2, 0.25) is 0 Å². The van der Waals surface area contributed by atoms with Gasteiger partial charge in [-0.25, -0.2) is 9.37 Å². The van der Waals surface area contributed by atoms with E-state index in [0.29, 0.717) is 11.4 Å². The second-order valence-corrected chi connectivity index (χ2v) is 6.36. The van der Waals surface area contributed by atoms with Gasteiger partial charge in [-0.05, 0) is 48.4 Å². The van der Waals surface area contributed by atoms with Crippen LogP contribution in [0.1, 0.15) is 33.5 Å². The zero-order chi connectivity index (χ0) is 20.1. The zero-order valence-electron chi connectivity index (χ0n) is 15.0. The molecule has 3 rings (SSSR count). The Morgan fingerprint density at radius 3 is 2.32 bits per heavy atom. The molecular formula is C21H17ClFN3O2. The van der Waals surface area contributed by atoms with E-state index in [0.717, 1.165) is 18.1 Å². The number of halogens is 2. The number of nitrogens with zero attached hydrogens (tertiary/aromatic N) is 1. The molecule has 0 fully saturated rings. The van der Waals surface area contributed by atoms with Gasteiger partial charge in [-0.2, -0.15) is 0 Å². The summed E-state index contributed by atoms with van der Waals surface area (Å²) < 4.78 is 13.2. The van der Waals surface area contributed by atoms with Crippen molar-refractivity contribution in [1.82, 2.24) is 4.98 Å². The lowest BCUT2D eigenvalue weighted by atomic mass is 10.1. The highest BCUT2D eigenvalue weighted by Crippen LogP contribution is 2.20. The number of anilines is 2. The lowest BCUT2D eigenvalue weighted by Crippen LogP contribution is -2.19. The fourth-order valence-corrected chi connectivity index (χ4v) is 2.77. The number of benzene rings is 2. The minimum absolute atomic E-state index is 0.0527. The number of nitrogens with one attached hydrogen (secondary N) is 2. The van der Waals surface area contributed by atoms with E-state index in [1.165, 1.54) is 24.3 Å². The Balaban J connectivity index is 1.76. The number of hydrogen-bond donors (Lipinski definition) is 2. The van der Waals surface area contributed by atoms with Gasteiger partial charge in [0, 0.05) is 11.4 Å². The minimum Gasteiger partial charge on any atom is -0.321 e. The lowest BCUT2D eigenvalue weighted by molar-refractivity contribution is 0.101. The van der Waals surface area contributed by atoms with Crippen molar-refractivity contribution in [2.45, 2.75) is 13.3 Å². The molecule has 0 saturated carbocycles. The molecule has 1 aromatic heterocycles. The van der Waals surface area contributed by atoms with E-state index in [9.17, 15) is 14.0 Å². The fourth-order valence-electron chi connectivity index (χ4n) is 2.59. The zero-order valence-corrected chi connectivity index (χ0v) is 15.8. The number of aryl methyl sites for hydroxylation is 1. The Labute approximate surface area is 166 Å². The van der Waals surface area contributed by atoms with Crippen LogP contribution in [0.3, 0.4) is 0 Å². The largest absolute Gasteiger partial charge is 0.321 e. The molecule has 1 heterocycles. The highest BCUT2D eigenvalue weighted by atomic mass is 35.5. The summed E-state index contributed by atoms with van der Waals surface area (Å²) in [7, 11) is 0. The monoisotopic (exact) mass is 397 g/mol. The minimum atomic E-state index is -0.580. The van der Waals surface area contributed by atoms with Crippen LogP contribution < -0.4 is 10.6 Å². The van der Waals surface area contributed by atoms with Crippen LogP contribution in [0.25, 0.3) is 0 Å². The topological polar surface area (TPSA) is 71.1 Å². The quantitative estimate of drug-likeness (QED) is 0.640. The van der Waals surface area contributed by atoms with Crippen LogP contribution in [-0.4, -0.2) is 16.8 Å². The van der Waals surface area contributed by atoms with Gasteiger partial charge in [-0.1, -0.05) is 42.8 Å². The van der Waals surface area contributed by atoms with Crippen molar-refractivity contribution in [1.29, 1.82) is 0 Å². The van der Waals surface area contributed by atoms with Crippen molar-refractivity contribution in [2.24, 2.45) is 0 Å². The molecule has 7 heteroatoms. The van der Waals surface area contributed by atoms with Gasteiger partial charge >= 0.3 is 0 Å². The summed E-state index contributed by atoms with van der Waals surface area (Å²) in [5, 5.41) is 5.29. The van der Waals surface area contributed by atoms with E-state index in [-0.39, 0.29) is 16.4 Å². The Bertz CT molecular complexity index is 1040. The third-order valence-electron chi connectivity index (χ3n) is 4.04. The van der Waals surface area contributed by atoms with Gasteiger partial charge in [0.25, 0.3) is 11.8 Å². The number of amides is 2. The van der Waals surface area contributed by atoms with E-state index in [1.54, 1.807) is 6.07 Å². The molecule has 0 spiro atoms. The Morgan fingerprint density at radius 1 is 0.964 bits per heavy atom. The van der Waals surface area contributed by atoms with E-state index in [4.69, 9.17) is 11.6 Å². The predicted octanol–water partition coefficient (Wildman–Crippen LogP) is 4.94. The molecule has 0 saturated heterocycles. The van der Waals surface area contributed by atoms with Crippen molar-refractivity contribution >= 4 is 34.8 Å². The summed E-state index contributed by atoms with van der Waals surface area (Å²) in [6.07, 6.45) is 0.770. The first-order valence-corrected chi connectivity index (χ1v) is 8.98. The van der Waals surface area contributed by atoms with E-state index in [2.05, 4.69) is 15.6 Å². The number of aromatic nitrogens is 1. The Hall–Kier alpha value is -3.25. The third kappa shape index (κ3) is 4.53. The Morgan fingerprint density at radius 2 is 1.64 bits per heavy atom. The maximum absolute atomic E-state index is 13.2. The first-order chi connectivity index (χ1) is 13.5. The normalized spacial score (nSPS) is 10.4. The molecule has 0 bridgehead atoms. The first-order valence-electron chi connectivity index (χ1n) is 8.60. The third-order valence-corrected chi connectivity index (χ3v) is 4.33. The van der Waals surface area contributed by atoms with Crippen LogP contribution in [-0.2, 0) is 6.42 Å². The average molecular weight is 398 g/mol. The number of carbonyl (C=O) groups is 2. The van der Waals surface area contributed by atoms with Gasteiger partial charge in [0.1, 0.15) is 17.2 Å².